The van der Waals surface area contributed by atoms with Gasteiger partial charge in [0.2, 0.25) is 5.91 Å². The van der Waals surface area contributed by atoms with Crippen LogP contribution in [0.2, 0.25) is 0 Å². The first-order valence-electron chi connectivity index (χ1n) is 9.48. The minimum absolute atomic E-state index is 0.0494. The van der Waals surface area contributed by atoms with Gasteiger partial charge in [0.1, 0.15) is 0 Å². The van der Waals surface area contributed by atoms with Gasteiger partial charge in [0.25, 0.3) is 5.91 Å². The lowest BCUT2D eigenvalue weighted by molar-refractivity contribution is -0.119. The normalized spacial score (nSPS) is 11.1. The van der Waals surface area contributed by atoms with Gasteiger partial charge in [0, 0.05) is 34.1 Å². The number of hydrogen-bond acceptors (Lipinski definition) is 5. The van der Waals surface area contributed by atoms with Gasteiger partial charge in [0.15, 0.2) is 5.13 Å². The smallest absolute Gasteiger partial charge is 0.259 e. The van der Waals surface area contributed by atoms with Crippen LogP contribution < -0.4 is 10.6 Å². The van der Waals surface area contributed by atoms with Crippen LogP contribution in [0.1, 0.15) is 58.3 Å². The minimum atomic E-state index is -0.136. The summed E-state index contributed by atoms with van der Waals surface area (Å²) in [5.74, 6) is -0.186. The van der Waals surface area contributed by atoms with E-state index in [9.17, 15) is 9.59 Å². The van der Waals surface area contributed by atoms with E-state index in [1.807, 2.05) is 39.0 Å². The Labute approximate surface area is 179 Å². The summed E-state index contributed by atoms with van der Waals surface area (Å²) in [5, 5.41) is 6.36. The van der Waals surface area contributed by atoms with Gasteiger partial charge in [-0.25, -0.2) is 4.98 Å². The summed E-state index contributed by atoms with van der Waals surface area (Å²) in [4.78, 5) is 31.7. The Kier molecular flexibility index (Phi) is 6.24. The standard InChI is InChI=1S/C21H26N4O2S2/c1-11(2)25-12(3)9-17(13(25)4)20(27)24-21-23-19(14(5)28-21)18-8-7-16(29-18)10-22-15(6)26/h7-9,11H,10H2,1-6H3,(H,22,26)(H,23,24,27). The molecule has 3 heterocycles. The molecule has 3 aromatic rings. The number of thiazole rings is 1. The van der Waals surface area contributed by atoms with E-state index in [2.05, 4.69) is 34.0 Å². The predicted molar refractivity (Wildman–Crippen MR) is 120 cm³/mol. The van der Waals surface area contributed by atoms with E-state index in [4.69, 9.17) is 0 Å². The van der Waals surface area contributed by atoms with Crippen molar-refractivity contribution in [3.63, 3.8) is 0 Å². The summed E-state index contributed by atoms with van der Waals surface area (Å²) in [5.41, 5.74) is 3.59. The first kappa shape index (κ1) is 21.3. The number of hydrogen-bond donors (Lipinski definition) is 2. The molecule has 0 aliphatic rings. The molecule has 0 radical (unpaired) electrons. The number of aromatic nitrogens is 2. The molecule has 0 unspecified atom stereocenters. The summed E-state index contributed by atoms with van der Waals surface area (Å²) in [6.07, 6.45) is 0. The fourth-order valence-corrected chi connectivity index (χ4v) is 5.34. The fraction of sp³-hybridized carbons (Fsp3) is 0.381. The van der Waals surface area contributed by atoms with Gasteiger partial charge >= 0.3 is 0 Å². The zero-order valence-corrected chi connectivity index (χ0v) is 19.2. The highest BCUT2D eigenvalue weighted by atomic mass is 32.1. The average molecular weight is 431 g/mol. The maximum Gasteiger partial charge on any atom is 0.259 e. The van der Waals surface area contributed by atoms with Crippen molar-refractivity contribution < 1.29 is 9.59 Å². The van der Waals surface area contributed by atoms with Crippen LogP contribution >= 0.6 is 22.7 Å². The fourth-order valence-electron chi connectivity index (χ4n) is 3.46. The maximum atomic E-state index is 12.8. The van der Waals surface area contributed by atoms with Crippen molar-refractivity contribution in [2.24, 2.45) is 0 Å². The van der Waals surface area contributed by atoms with E-state index in [1.165, 1.54) is 18.3 Å². The summed E-state index contributed by atoms with van der Waals surface area (Å²) >= 11 is 3.06. The first-order valence-corrected chi connectivity index (χ1v) is 11.1. The van der Waals surface area contributed by atoms with E-state index >= 15 is 0 Å². The van der Waals surface area contributed by atoms with Crippen LogP contribution in [0.15, 0.2) is 18.2 Å². The van der Waals surface area contributed by atoms with E-state index < -0.39 is 0 Å². The largest absolute Gasteiger partial charge is 0.351 e. The van der Waals surface area contributed by atoms with E-state index in [0.29, 0.717) is 23.3 Å². The molecule has 8 heteroatoms. The lowest BCUT2D eigenvalue weighted by Crippen LogP contribution is -2.17. The Morgan fingerprint density at radius 2 is 1.90 bits per heavy atom. The molecule has 3 aromatic heterocycles. The van der Waals surface area contributed by atoms with Crippen LogP contribution in [-0.4, -0.2) is 21.4 Å². The molecule has 0 aromatic carbocycles. The highest BCUT2D eigenvalue weighted by Gasteiger charge is 2.19. The second kappa shape index (κ2) is 8.51. The van der Waals surface area contributed by atoms with Crippen LogP contribution in [0.25, 0.3) is 10.6 Å². The van der Waals surface area contributed by atoms with E-state index in [-0.39, 0.29) is 11.8 Å². The van der Waals surface area contributed by atoms with Crippen LogP contribution in [0.4, 0.5) is 5.13 Å². The lowest BCUT2D eigenvalue weighted by atomic mass is 10.2. The molecule has 154 valence electrons. The molecule has 0 bridgehead atoms. The molecule has 29 heavy (non-hydrogen) atoms. The summed E-state index contributed by atoms with van der Waals surface area (Å²) in [6.45, 7) is 12.2. The number of rotatable bonds is 6. The molecule has 3 rings (SSSR count). The second-order valence-corrected chi connectivity index (χ2v) is 9.67. The second-order valence-electron chi connectivity index (χ2n) is 7.30. The summed E-state index contributed by atoms with van der Waals surface area (Å²) in [6, 6.07) is 6.23. The van der Waals surface area contributed by atoms with Crippen LogP contribution in [-0.2, 0) is 11.3 Å². The number of aryl methyl sites for hydroxylation is 2. The lowest BCUT2D eigenvalue weighted by Gasteiger charge is -2.13. The van der Waals surface area contributed by atoms with Crippen molar-refractivity contribution in [1.82, 2.24) is 14.9 Å². The third-order valence-electron chi connectivity index (χ3n) is 4.67. The molecular formula is C21H26N4O2S2. The van der Waals surface area contributed by atoms with Gasteiger partial charge in [0.05, 0.1) is 22.7 Å². The molecule has 0 fully saturated rings. The zero-order chi connectivity index (χ0) is 21.3. The molecule has 2 amide bonds. The van der Waals surface area contributed by atoms with E-state index in [0.717, 1.165) is 31.7 Å². The zero-order valence-electron chi connectivity index (χ0n) is 17.5. The quantitative estimate of drug-likeness (QED) is 0.573. The van der Waals surface area contributed by atoms with Crippen molar-refractivity contribution in [3.8, 4) is 10.6 Å². The van der Waals surface area contributed by atoms with Gasteiger partial charge < -0.3 is 9.88 Å². The molecule has 6 nitrogen and oxygen atoms in total. The summed E-state index contributed by atoms with van der Waals surface area (Å²) in [7, 11) is 0. The van der Waals surface area contributed by atoms with Crippen LogP contribution in [0.3, 0.4) is 0 Å². The monoisotopic (exact) mass is 430 g/mol. The Morgan fingerprint density at radius 1 is 1.17 bits per heavy atom. The number of carbonyl (C=O) groups is 2. The molecule has 2 N–H and O–H groups in total. The number of nitrogens with one attached hydrogen (secondary N) is 2. The van der Waals surface area contributed by atoms with Gasteiger partial charge in [-0.15, -0.1) is 22.7 Å². The number of amides is 2. The molecule has 0 atom stereocenters. The van der Waals surface area contributed by atoms with Crippen LogP contribution in [0.5, 0.6) is 0 Å². The Bertz CT molecular complexity index is 1060. The number of anilines is 1. The van der Waals surface area contributed by atoms with Gasteiger partial charge in [-0.1, -0.05) is 0 Å². The SMILES string of the molecule is CC(=O)NCc1ccc(-c2nc(NC(=O)c3cc(C)n(C(C)C)c3C)sc2C)s1. The van der Waals surface area contributed by atoms with Crippen molar-refractivity contribution in [2.75, 3.05) is 5.32 Å². The summed E-state index contributed by atoms with van der Waals surface area (Å²) < 4.78 is 2.16. The first-order chi connectivity index (χ1) is 13.7. The van der Waals surface area contributed by atoms with Crippen molar-refractivity contribution in [2.45, 2.75) is 54.1 Å². The molecule has 0 saturated carbocycles. The third-order valence-corrected chi connectivity index (χ3v) is 6.65. The molecular weight excluding hydrogens is 404 g/mol. The Balaban J connectivity index is 1.78. The molecule has 0 spiro atoms. The third kappa shape index (κ3) is 4.59. The minimum Gasteiger partial charge on any atom is -0.351 e. The molecule has 0 aliphatic carbocycles. The molecule has 0 aliphatic heterocycles. The van der Waals surface area contributed by atoms with Crippen molar-refractivity contribution >= 4 is 39.6 Å². The number of carbonyl (C=O) groups excluding carboxylic acids is 2. The van der Waals surface area contributed by atoms with E-state index in [1.54, 1.807) is 11.3 Å². The highest BCUT2D eigenvalue weighted by molar-refractivity contribution is 7.18. The Hall–Kier alpha value is -2.45. The topological polar surface area (TPSA) is 76.0 Å². The van der Waals surface area contributed by atoms with Crippen LogP contribution in [0, 0.1) is 20.8 Å². The number of nitrogens with zero attached hydrogens (tertiary/aromatic N) is 2. The Morgan fingerprint density at radius 3 is 2.52 bits per heavy atom. The maximum absolute atomic E-state index is 12.8. The number of thiophene rings is 1. The molecule has 0 saturated heterocycles. The predicted octanol–water partition coefficient (Wildman–Crippen LogP) is 5.07. The van der Waals surface area contributed by atoms with Gasteiger partial charge in [-0.05, 0) is 52.8 Å². The van der Waals surface area contributed by atoms with Crippen molar-refractivity contribution in [1.29, 1.82) is 0 Å². The highest BCUT2D eigenvalue weighted by Crippen LogP contribution is 2.35. The average Bonchev–Trinajstić information content (AvgIpc) is 3.30. The van der Waals surface area contributed by atoms with Crippen molar-refractivity contribution in [3.05, 3.63) is 44.9 Å². The van der Waals surface area contributed by atoms with Gasteiger partial charge in [-0.3, -0.25) is 14.9 Å². The van der Waals surface area contributed by atoms with Gasteiger partial charge in [-0.2, -0.15) is 0 Å².